The van der Waals surface area contributed by atoms with E-state index in [1.807, 2.05) is 24.3 Å². The first-order valence-corrected chi connectivity index (χ1v) is 14.9. The number of likely N-dealkylation sites (tertiary alicyclic amines) is 1. The van der Waals surface area contributed by atoms with Gasteiger partial charge in [-0.05, 0) is 87.6 Å². The number of anilines is 1. The van der Waals surface area contributed by atoms with Crippen LogP contribution in [-0.2, 0) is 11.3 Å². The van der Waals surface area contributed by atoms with Gasteiger partial charge in [-0.25, -0.2) is 15.0 Å². The number of carbonyl (C=O) groups is 1. The van der Waals surface area contributed by atoms with Crippen molar-refractivity contribution in [2.24, 2.45) is 17.8 Å². The van der Waals surface area contributed by atoms with Gasteiger partial charge in [-0.3, -0.25) is 9.69 Å². The fraction of sp³-hybridized carbons (Fsp3) is 0.467. The summed E-state index contributed by atoms with van der Waals surface area (Å²) < 4.78 is 6.19. The van der Waals surface area contributed by atoms with E-state index < -0.39 is 5.97 Å². The molecule has 0 radical (unpaired) electrons. The molecule has 41 heavy (non-hydrogen) atoms. The summed E-state index contributed by atoms with van der Waals surface area (Å²) >= 11 is 12.6. The number of fused-ring (bicyclic) bond motifs is 1. The molecule has 11 heteroatoms. The molecule has 1 aromatic carbocycles. The van der Waals surface area contributed by atoms with Crippen LogP contribution in [0.4, 0.5) is 5.95 Å². The molecule has 3 aromatic rings. The van der Waals surface area contributed by atoms with Gasteiger partial charge in [0.15, 0.2) is 5.75 Å². The summed E-state index contributed by atoms with van der Waals surface area (Å²) in [7, 11) is 2.14. The van der Waals surface area contributed by atoms with Gasteiger partial charge in [-0.1, -0.05) is 23.2 Å². The van der Waals surface area contributed by atoms with Crippen molar-refractivity contribution in [1.29, 1.82) is 0 Å². The second kappa shape index (κ2) is 12.1. The van der Waals surface area contributed by atoms with E-state index in [4.69, 9.17) is 32.9 Å². The highest BCUT2D eigenvalue weighted by atomic mass is 35.5. The molecule has 9 nitrogen and oxygen atoms in total. The van der Waals surface area contributed by atoms with Gasteiger partial charge in [-0.2, -0.15) is 0 Å². The van der Waals surface area contributed by atoms with Crippen LogP contribution in [0.15, 0.2) is 42.7 Å². The van der Waals surface area contributed by atoms with Crippen LogP contribution in [0, 0.1) is 17.8 Å². The fourth-order valence-electron chi connectivity index (χ4n) is 6.23. The Morgan fingerprint density at radius 2 is 1.66 bits per heavy atom. The lowest BCUT2D eigenvalue weighted by Gasteiger charge is -2.22. The first kappa shape index (κ1) is 28.2. The monoisotopic (exact) mass is 596 g/mol. The maximum atomic E-state index is 11.5. The van der Waals surface area contributed by atoms with E-state index in [0.717, 1.165) is 69.7 Å². The maximum absolute atomic E-state index is 11.5. The molecular formula is C30H34Cl2N6O3. The molecule has 3 aliphatic rings. The third-order valence-electron chi connectivity index (χ3n) is 8.44. The standard InChI is InChI=1S/C30H34Cl2N6O3/c1-36-5-2-6-38(10-9-36)30-33-16-23(17-34-30)41-27-12-19(11-26(35-27)20-13-21(31)15-22(32)14-20)18-37-7-3-24-25(4-8-37)28(24)29(39)40/h11-17,24-25,28H,2-10,18H2,1H3,(H,39,40). The van der Waals surface area contributed by atoms with Gasteiger partial charge in [0.2, 0.25) is 11.8 Å². The van der Waals surface area contributed by atoms with E-state index in [1.165, 1.54) is 0 Å². The summed E-state index contributed by atoms with van der Waals surface area (Å²) in [6.45, 7) is 6.30. The number of halogens is 2. The van der Waals surface area contributed by atoms with Crippen LogP contribution in [0.3, 0.4) is 0 Å². The zero-order valence-corrected chi connectivity index (χ0v) is 24.6. The summed E-state index contributed by atoms with van der Waals surface area (Å²) in [4.78, 5) is 32.3. The fourth-order valence-corrected chi connectivity index (χ4v) is 6.76. The Balaban J connectivity index is 1.21. The van der Waals surface area contributed by atoms with E-state index in [9.17, 15) is 9.90 Å². The number of aliphatic carboxylic acids is 1. The second-order valence-electron chi connectivity index (χ2n) is 11.4. The van der Waals surface area contributed by atoms with E-state index in [0.29, 0.717) is 51.7 Å². The number of aromatic nitrogens is 3. The number of likely N-dealkylation sites (N-methyl/N-ethyl adjacent to an activating group) is 1. The van der Waals surface area contributed by atoms with Gasteiger partial charge in [0.1, 0.15) is 0 Å². The quantitative estimate of drug-likeness (QED) is 0.388. The third-order valence-corrected chi connectivity index (χ3v) is 8.88. The number of benzene rings is 1. The van der Waals surface area contributed by atoms with Gasteiger partial charge >= 0.3 is 5.97 Å². The van der Waals surface area contributed by atoms with Crippen molar-refractivity contribution >= 4 is 35.1 Å². The summed E-state index contributed by atoms with van der Waals surface area (Å²) in [5, 5.41) is 10.5. The van der Waals surface area contributed by atoms with E-state index in [-0.39, 0.29) is 5.92 Å². The Bertz CT molecular complexity index is 1370. The first-order valence-electron chi connectivity index (χ1n) is 14.2. The lowest BCUT2D eigenvalue weighted by Crippen LogP contribution is -2.30. The van der Waals surface area contributed by atoms with Crippen LogP contribution < -0.4 is 9.64 Å². The summed E-state index contributed by atoms with van der Waals surface area (Å²) in [6.07, 6.45) is 6.28. The van der Waals surface area contributed by atoms with Crippen molar-refractivity contribution in [3.8, 4) is 22.9 Å². The number of carboxylic acid groups (broad SMARTS) is 1. The number of pyridine rings is 1. The van der Waals surface area contributed by atoms with Gasteiger partial charge in [0.25, 0.3) is 0 Å². The molecular weight excluding hydrogens is 563 g/mol. The zero-order valence-electron chi connectivity index (χ0n) is 23.0. The van der Waals surface area contributed by atoms with Crippen molar-refractivity contribution in [3.05, 3.63) is 58.3 Å². The van der Waals surface area contributed by atoms with Crippen molar-refractivity contribution < 1.29 is 14.6 Å². The van der Waals surface area contributed by atoms with Crippen molar-refractivity contribution in [3.63, 3.8) is 0 Å². The summed E-state index contributed by atoms with van der Waals surface area (Å²) in [5.74, 6) is 1.44. The predicted octanol–water partition coefficient (Wildman–Crippen LogP) is 5.32. The van der Waals surface area contributed by atoms with E-state index >= 15 is 0 Å². The largest absolute Gasteiger partial charge is 0.481 e. The number of hydrogen-bond donors (Lipinski definition) is 1. The molecule has 0 bridgehead atoms. The van der Waals surface area contributed by atoms with Crippen LogP contribution in [0.25, 0.3) is 11.3 Å². The van der Waals surface area contributed by atoms with Crippen molar-refractivity contribution in [1.82, 2.24) is 24.8 Å². The van der Waals surface area contributed by atoms with Crippen LogP contribution in [0.2, 0.25) is 10.0 Å². The maximum Gasteiger partial charge on any atom is 0.307 e. The predicted molar refractivity (Wildman–Crippen MR) is 159 cm³/mol. The molecule has 2 aromatic heterocycles. The molecule has 0 spiro atoms. The summed E-state index contributed by atoms with van der Waals surface area (Å²) in [5.41, 5.74) is 2.54. The molecule has 4 heterocycles. The molecule has 6 rings (SSSR count). The van der Waals surface area contributed by atoms with Crippen LogP contribution in [0.5, 0.6) is 11.6 Å². The van der Waals surface area contributed by atoms with Gasteiger partial charge in [0, 0.05) is 47.9 Å². The lowest BCUT2D eigenvalue weighted by molar-refractivity contribution is -0.139. The molecule has 1 saturated carbocycles. The van der Waals surface area contributed by atoms with Gasteiger partial charge < -0.3 is 19.6 Å². The molecule has 216 valence electrons. The van der Waals surface area contributed by atoms with Crippen molar-refractivity contribution in [2.45, 2.75) is 25.8 Å². The van der Waals surface area contributed by atoms with E-state index in [1.54, 1.807) is 18.5 Å². The first-order chi connectivity index (χ1) is 19.8. The van der Waals surface area contributed by atoms with Crippen LogP contribution in [0.1, 0.15) is 24.8 Å². The minimum absolute atomic E-state index is 0.161. The highest BCUT2D eigenvalue weighted by molar-refractivity contribution is 6.35. The second-order valence-corrected chi connectivity index (χ2v) is 12.2. The minimum atomic E-state index is -0.648. The normalized spacial score (nSPS) is 23.4. The molecule has 1 N–H and O–H groups in total. The molecule has 0 amide bonds. The Morgan fingerprint density at radius 1 is 0.951 bits per heavy atom. The molecule has 2 unspecified atom stereocenters. The number of carboxylic acids is 1. The molecule has 3 fully saturated rings. The Morgan fingerprint density at radius 3 is 2.34 bits per heavy atom. The number of nitrogens with zero attached hydrogens (tertiary/aromatic N) is 6. The highest BCUT2D eigenvalue weighted by Gasteiger charge is 2.54. The average molecular weight is 598 g/mol. The number of hydrogen-bond acceptors (Lipinski definition) is 8. The average Bonchev–Trinajstić information content (AvgIpc) is 3.71. The van der Waals surface area contributed by atoms with E-state index in [2.05, 4.69) is 31.7 Å². The Kier molecular flexibility index (Phi) is 8.30. The summed E-state index contributed by atoms with van der Waals surface area (Å²) in [6, 6.07) is 9.36. The molecule has 2 saturated heterocycles. The van der Waals surface area contributed by atoms with Crippen LogP contribution >= 0.6 is 23.2 Å². The minimum Gasteiger partial charge on any atom is -0.481 e. The Labute approximate surface area is 250 Å². The number of ether oxygens (including phenoxy) is 1. The van der Waals surface area contributed by atoms with Crippen molar-refractivity contribution in [2.75, 3.05) is 51.2 Å². The highest BCUT2D eigenvalue weighted by Crippen LogP contribution is 2.52. The number of rotatable bonds is 7. The zero-order chi connectivity index (χ0) is 28.5. The van der Waals surface area contributed by atoms with Crippen LogP contribution in [-0.4, -0.2) is 82.1 Å². The molecule has 2 aliphatic heterocycles. The van der Waals surface area contributed by atoms with Gasteiger partial charge in [0.05, 0.1) is 24.0 Å². The SMILES string of the molecule is CN1CCCN(c2ncc(Oc3cc(CN4CCC5C(CC4)C5C(=O)O)cc(-c4cc(Cl)cc(Cl)c4)n3)cn2)CC1. The lowest BCUT2D eigenvalue weighted by atomic mass is 10.1. The Hall–Kier alpha value is -2.98. The molecule has 2 atom stereocenters. The smallest absolute Gasteiger partial charge is 0.307 e. The third kappa shape index (κ3) is 6.75. The topological polar surface area (TPSA) is 94.9 Å². The van der Waals surface area contributed by atoms with Gasteiger partial charge in [-0.15, -0.1) is 0 Å². The molecule has 1 aliphatic carbocycles.